The molecule has 3 heterocycles. The van der Waals surface area contributed by atoms with Gasteiger partial charge < -0.3 is 24.3 Å². The molecular weight excluding hydrogens is 324 g/mol. The van der Waals surface area contributed by atoms with Crippen LogP contribution in [0.4, 0.5) is 0 Å². The molecule has 1 atom stereocenters. The molecule has 7 heteroatoms. The van der Waals surface area contributed by atoms with E-state index in [-0.39, 0.29) is 18.8 Å². The molecule has 2 aromatic rings. The number of nitrogens with zero attached hydrogens (tertiary/aromatic N) is 1. The summed E-state index contributed by atoms with van der Waals surface area (Å²) in [5.41, 5.74) is 1.42. The number of nitrogens with one attached hydrogen (secondary N) is 1. The Balaban J connectivity index is 1.33. The first-order chi connectivity index (χ1) is 12.3. The second-order valence-electron chi connectivity index (χ2n) is 5.86. The maximum Gasteiger partial charge on any atom is 0.253 e. The summed E-state index contributed by atoms with van der Waals surface area (Å²) in [5.74, 6) is 1.73. The van der Waals surface area contributed by atoms with Crippen molar-refractivity contribution in [3.05, 3.63) is 47.7 Å². The molecule has 1 aromatic carbocycles. The number of fused-ring (bicyclic) bond motifs is 1. The first-order valence-corrected chi connectivity index (χ1v) is 8.15. The van der Waals surface area contributed by atoms with Crippen molar-refractivity contribution in [1.82, 2.24) is 10.3 Å². The number of hydrogen-bond donors (Lipinski definition) is 1. The number of carbonyl (C=O) groups is 1. The van der Waals surface area contributed by atoms with Crippen LogP contribution in [-0.4, -0.2) is 37.0 Å². The van der Waals surface area contributed by atoms with Crippen molar-refractivity contribution in [2.45, 2.75) is 19.1 Å². The highest BCUT2D eigenvalue weighted by atomic mass is 16.7. The average Bonchev–Trinajstić information content (AvgIpc) is 3.31. The van der Waals surface area contributed by atoms with Crippen molar-refractivity contribution in [3.8, 4) is 17.4 Å². The molecule has 2 aliphatic heterocycles. The average molecular weight is 342 g/mol. The Kier molecular flexibility index (Phi) is 4.39. The normalized spacial score (nSPS) is 18.2. The first kappa shape index (κ1) is 15.7. The highest BCUT2D eigenvalue weighted by Crippen LogP contribution is 2.32. The molecule has 7 nitrogen and oxygen atoms in total. The van der Waals surface area contributed by atoms with Gasteiger partial charge in [-0.25, -0.2) is 4.98 Å². The van der Waals surface area contributed by atoms with Crippen LogP contribution in [0.5, 0.6) is 17.4 Å². The third kappa shape index (κ3) is 3.66. The number of pyridine rings is 1. The van der Waals surface area contributed by atoms with E-state index in [9.17, 15) is 4.79 Å². The Morgan fingerprint density at radius 3 is 2.96 bits per heavy atom. The van der Waals surface area contributed by atoms with Gasteiger partial charge in [0.1, 0.15) is 6.10 Å². The second kappa shape index (κ2) is 6.98. The summed E-state index contributed by atoms with van der Waals surface area (Å²) in [4.78, 5) is 16.4. The third-order valence-electron chi connectivity index (χ3n) is 4.06. The van der Waals surface area contributed by atoms with Gasteiger partial charge in [0.2, 0.25) is 12.7 Å². The van der Waals surface area contributed by atoms with E-state index in [2.05, 4.69) is 10.3 Å². The molecule has 0 bridgehead atoms. The SMILES string of the molecule is O=C(NCc1ccc2c(c1)OCO2)c1ccc(O[C@H]2CCOC2)nc1. The summed E-state index contributed by atoms with van der Waals surface area (Å²) in [5, 5.41) is 2.86. The van der Waals surface area contributed by atoms with E-state index >= 15 is 0 Å². The van der Waals surface area contributed by atoms with E-state index < -0.39 is 0 Å². The van der Waals surface area contributed by atoms with Crippen LogP contribution < -0.4 is 19.5 Å². The Morgan fingerprint density at radius 2 is 2.16 bits per heavy atom. The van der Waals surface area contributed by atoms with Gasteiger partial charge in [0.05, 0.1) is 18.8 Å². The number of aromatic nitrogens is 1. The lowest BCUT2D eigenvalue weighted by atomic mass is 10.2. The zero-order valence-electron chi connectivity index (χ0n) is 13.6. The number of rotatable bonds is 5. The molecule has 25 heavy (non-hydrogen) atoms. The zero-order chi connectivity index (χ0) is 17.1. The van der Waals surface area contributed by atoms with E-state index in [1.165, 1.54) is 6.20 Å². The van der Waals surface area contributed by atoms with Crippen LogP contribution in [0.25, 0.3) is 0 Å². The van der Waals surface area contributed by atoms with Gasteiger partial charge in [-0.05, 0) is 23.8 Å². The van der Waals surface area contributed by atoms with Gasteiger partial charge in [0.15, 0.2) is 11.5 Å². The molecule has 0 unspecified atom stereocenters. The van der Waals surface area contributed by atoms with Crippen molar-refractivity contribution in [1.29, 1.82) is 0 Å². The predicted octanol–water partition coefficient (Wildman–Crippen LogP) is 1.91. The molecule has 1 aromatic heterocycles. The molecule has 4 rings (SSSR count). The molecule has 0 radical (unpaired) electrons. The maximum atomic E-state index is 12.2. The molecule has 2 aliphatic rings. The number of amides is 1. The molecular formula is C18H18N2O5. The number of carbonyl (C=O) groups excluding carboxylic acids is 1. The molecule has 1 N–H and O–H groups in total. The maximum absolute atomic E-state index is 12.2. The minimum absolute atomic E-state index is 0.0400. The summed E-state index contributed by atoms with van der Waals surface area (Å²) in [6.07, 6.45) is 2.41. The molecule has 0 saturated carbocycles. The van der Waals surface area contributed by atoms with E-state index in [0.29, 0.717) is 37.0 Å². The summed E-state index contributed by atoms with van der Waals surface area (Å²) >= 11 is 0. The number of hydrogen-bond acceptors (Lipinski definition) is 6. The van der Waals surface area contributed by atoms with Gasteiger partial charge in [-0.15, -0.1) is 0 Å². The molecule has 0 spiro atoms. The Bertz CT molecular complexity index is 757. The molecule has 0 aliphatic carbocycles. The lowest BCUT2D eigenvalue weighted by Crippen LogP contribution is -2.23. The van der Waals surface area contributed by atoms with Gasteiger partial charge >= 0.3 is 0 Å². The van der Waals surface area contributed by atoms with Crippen LogP contribution in [0.2, 0.25) is 0 Å². The molecule has 1 saturated heterocycles. The minimum atomic E-state index is -0.194. The van der Waals surface area contributed by atoms with Gasteiger partial charge in [-0.1, -0.05) is 6.07 Å². The van der Waals surface area contributed by atoms with Crippen molar-refractivity contribution in [3.63, 3.8) is 0 Å². The Hall–Kier alpha value is -2.80. The van der Waals surface area contributed by atoms with Crippen LogP contribution in [0.3, 0.4) is 0 Å². The Morgan fingerprint density at radius 1 is 1.24 bits per heavy atom. The lowest BCUT2D eigenvalue weighted by Gasteiger charge is -2.11. The van der Waals surface area contributed by atoms with Crippen molar-refractivity contribution < 1.29 is 23.7 Å². The minimum Gasteiger partial charge on any atom is -0.472 e. The van der Waals surface area contributed by atoms with Gasteiger partial charge in [0.25, 0.3) is 5.91 Å². The van der Waals surface area contributed by atoms with Crippen molar-refractivity contribution in [2.75, 3.05) is 20.0 Å². The summed E-state index contributed by atoms with van der Waals surface area (Å²) < 4.78 is 21.5. The summed E-state index contributed by atoms with van der Waals surface area (Å²) in [7, 11) is 0. The number of ether oxygens (including phenoxy) is 4. The third-order valence-corrected chi connectivity index (χ3v) is 4.06. The molecule has 130 valence electrons. The highest BCUT2D eigenvalue weighted by Gasteiger charge is 2.18. The molecule has 1 amide bonds. The fourth-order valence-electron chi connectivity index (χ4n) is 2.70. The van der Waals surface area contributed by atoms with Crippen LogP contribution in [-0.2, 0) is 11.3 Å². The van der Waals surface area contributed by atoms with Crippen molar-refractivity contribution in [2.24, 2.45) is 0 Å². The standard InChI is InChI=1S/C18H18N2O5/c21-18(20-8-12-1-3-15-16(7-12)24-11-23-15)13-2-4-17(19-9-13)25-14-5-6-22-10-14/h1-4,7,9,14H,5-6,8,10-11H2,(H,20,21)/t14-/m0/s1. The fourth-order valence-corrected chi connectivity index (χ4v) is 2.70. The van der Waals surface area contributed by atoms with E-state index in [0.717, 1.165) is 17.7 Å². The molecule has 1 fully saturated rings. The number of benzene rings is 1. The fraction of sp³-hybridized carbons (Fsp3) is 0.333. The Labute approximate surface area is 144 Å². The van der Waals surface area contributed by atoms with Crippen LogP contribution in [0, 0.1) is 0 Å². The van der Waals surface area contributed by atoms with E-state index in [4.69, 9.17) is 18.9 Å². The van der Waals surface area contributed by atoms with E-state index in [1.807, 2.05) is 18.2 Å². The largest absolute Gasteiger partial charge is 0.472 e. The van der Waals surface area contributed by atoms with Gasteiger partial charge in [-0.3, -0.25) is 4.79 Å². The predicted molar refractivity (Wildman–Crippen MR) is 87.8 cm³/mol. The smallest absolute Gasteiger partial charge is 0.253 e. The van der Waals surface area contributed by atoms with Crippen LogP contribution >= 0.6 is 0 Å². The summed E-state index contributed by atoms with van der Waals surface area (Å²) in [6.45, 7) is 1.93. The monoisotopic (exact) mass is 342 g/mol. The van der Waals surface area contributed by atoms with Crippen molar-refractivity contribution >= 4 is 5.91 Å². The topological polar surface area (TPSA) is 78.9 Å². The summed E-state index contributed by atoms with van der Waals surface area (Å²) in [6, 6.07) is 9.00. The zero-order valence-corrected chi connectivity index (χ0v) is 13.6. The quantitative estimate of drug-likeness (QED) is 0.894. The van der Waals surface area contributed by atoms with Crippen LogP contribution in [0.1, 0.15) is 22.3 Å². The van der Waals surface area contributed by atoms with E-state index in [1.54, 1.807) is 12.1 Å². The van der Waals surface area contributed by atoms with Gasteiger partial charge in [0, 0.05) is 25.2 Å². The second-order valence-corrected chi connectivity index (χ2v) is 5.86. The lowest BCUT2D eigenvalue weighted by molar-refractivity contribution is 0.0950. The first-order valence-electron chi connectivity index (χ1n) is 8.15. The van der Waals surface area contributed by atoms with Crippen LogP contribution in [0.15, 0.2) is 36.5 Å². The van der Waals surface area contributed by atoms with Gasteiger partial charge in [-0.2, -0.15) is 0 Å². The highest BCUT2D eigenvalue weighted by molar-refractivity contribution is 5.93.